The number of nitrogens with zero attached hydrogens (tertiary/aromatic N) is 1. The van der Waals surface area contributed by atoms with Gasteiger partial charge in [0.05, 0.1) is 7.11 Å². The minimum Gasteiger partial charge on any atom is -0.495 e. The molecule has 5 nitrogen and oxygen atoms in total. The number of ether oxygens (including phenoxy) is 1. The summed E-state index contributed by atoms with van der Waals surface area (Å²) >= 11 is 3.34. The lowest BCUT2D eigenvalue weighted by Gasteiger charge is -2.33. The van der Waals surface area contributed by atoms with Crippen LogP contribution in [0.15, 0.2) is 27.6 Å². The molecule has 0 bridgehead atoms. The lowest BCUT2D eigenvalue weighted by molar-refractivity contribution is 0.227. The van der Waals surface area contributed by atoms with Gasteiger partial charge in [-0.2, -0.15) is 4.31 Å². The molecule has 0 radical (unpaired) electrons. The van der Waals surface area contributed by atoms with Crippen molar-refractivity contribution >= 4 is 38.4 Å². The van der Waals surface area contributed by atoms with E-state index in [1.807, 2.05) is 0 Å². The molecule has 0 aromatic heterocycles. The Labute approximate surface area is 146 Å². The van der Waals surface area contributed by atoms with Gasteiger partial charge in [-0.1, -0.05) is 15.9 Å². The van der Waals surface area contributed by atoms with Crippen molar-refractivity contribution in [2.24, 2.45) is 11.8 Å². The van der Waals surface area contributed by atoms with E-state index < -0.39 is 10.0 Å². The molecule has 1 aromatic rings. The highest BCUT2D eigenvalue weighted by Crippen LogP contribution is 2.34. The van der Waals surface area contributed by atoms with Crippen LogP contribution in [0.3, 0.4) is 0 Å². The van der Waals surface area contributed by atoms with Gasteiger partial charge < -0.3 is 10.1 Å². The van der Waals surface area contributed by atoms with Crippen LogP contribution in [-0.2, 0) is 10.0 Å². The van der Waals surface area contributed by atoms with Crippen LogP contribution in [0.2, 0.25) is 0 Å². The highest BCUT2D eigenvalue weighted by atomic mass is 79.9. The molecule has 22 heavy (non-hydrogen) atoms. The quantitative estimate of drug-likeness (QED) is 0.827. The van der Waals surface area contributed by atoms with E-state index in [4.69, 9.17) is 4.74 Å². The summed E-state index contributed by atoms with van der Waals surface area (Å²) in [5.74, 6) is 1.43. The third-order valence-electron chi connectivity index (χ3n) is 4.41. The Morgan fingerprint density at radius 3 is 2.77 bits per heavy atom. The first-order valence-electron chi connectivity index (χ1n) is 7.07. The number of fused-ring (bicyclic) bond motifs is 1. The zero-order valence-electron chi connectivity index (χ0n) is 12.3. The first-order chi connectivity index (χ1) is 10.0. The largest absolute Gasteiger partial charge is 0.495 e. The Kier molecular flexibility index (Phi) is 5.77. The SMILES string of the molecule is COc1ccc(Br)cc1S(=O)(=O)N1CCC2CNCC2C1.Cl. The number of methoxy groups -OCH3 is 1. The zero-order chi connectivity index (χ0) is 15.0. The van der Waals surface area contributed by atoms with Crippen LogP contribution in [0.5, 0.6) is 5.75 Å². The molecule has 2 saturated heterocycles. The van der Waals surface area contributed by atoms with Gasteiger partial charge in [-0.25, -0.2) is 8.42 Å². The second-order valence-electron chi connectivity index (χ2n) is 5.63. The molecule has 8 heteroatoms. The van der Waals surface area contributed by atoms with Gasteiger partial charge in [-0.15, -0.1) is 12.4 Å². The zero-order valence-corrected chi connectivity index (χ0v) is 15.5. The average Bonchev–Trinajstić information content (AvgIpc) is 2.94. The summed E-state index contributed by atoms with van der Waals surface area (Å²) in [5, 5.41) is 3.35. The van der Waals surface area contributed by atoms with E-state index in [1.54, 1.807) is 22.5 Å². The lowest BCUT2D eigenvalue weighted by Crippen LogP contribution is -2.43. The van der Waals surface area contributed by atoms with Gasteiger partial charge in [0.2, 0.25) is 10.0 Å². The summed E-state index contributed by atoms with van der Waals surface area (Å²) < 4.78 is 33.4. The van der Waals surface area contributed by atoms with Gasteiger partial charge in [-0.3, -0.25) is 0 Å². The monoisotopic (exact) mass is 410 g/mol. The van der Waals surface area contributed by atoms with Crippen molar-refractivity contribution in [2.75, 3.05) is 33.3 Å². The van der Waals surface area contributed by atoms with Crippen molar-refractivity contribution < 1.29 is 13.2 Å². The highest BCUT2D eigenvalue weighted by Gasteiger charge is 2.38. The lowest BCUT2D eigenvalue weighted by atomic mass is 9.90. The van der Waals surface area contributed by atoms with Gasteiger partial charge in [0, 0.05) is 17.6 Å². The molecule has 2 aliphatic rings. The van der Waals surface area contributed by atoms with Crippen LogP contribution in [0.25, 0.3) is 0 Å². The summed E-state index contributed by atoms with van der Waals surface area (Å²) in [7, 11) is -2.02. The van der Waals surface area contributed by atoms with Gasteiger partial charge in [-0.05, 0) is 49.5 Å². The topological polar surface area (TPSA) is 58.6 Å². The van der Waals surface area contributed by atoms with Crippen molar-refractivity contribution in [3.8, 4) is 5.75 Å². The molecule has 2 atom stereocenters. The highest BCUT2D eigenvalue weighted by molar-refractivity contribution is 9.10. The standard InChI is InChI=1S/C14H19BrN2O3S.ClH/c1-20-13-3-2-12(15)6-14(13)21(18,19)17-5-4-10-7-16-8-11(10)9-17;/h2-3,6,10-11,16H,4-5,7-9H2,1H3;1H. The molecule has 1 aromatic carbocycles. The Hall–Kier alpha value is -0.340. The summed E-state index contributed by atoms with van der Waals surface area (Å²) in [6.45, 7) is 3.10. The fraction of sp³-hybridized carbons (Fsp3) is 0.571. The molecule has 2 fully saturated rings. The van der Waals surface area contributed by atoms with Crippen LogP contribution in [-0.4, -0.2) is 46.0 Å². The second-order valence-corrected chi connectivity index (χ2v) is 8.45. The molecular weight excluding hydrogens is 392 g/mol. The maximum Gasteiger partial charge on any atom is 0.246 e. The number of hydrogen-bond donors (Lipinski definition) is 1. The van der Waals surface area contributed by atoms with E-state index in [1.165, 1.54) is 7.11 Å². The van der Waals surface area contributed by atoms with Crippen molar-refractivity contribution in [3.05, 3.63) is 22.7 Å². The van der Waals surface area contributed by atoms with Crippen molar-refractivity contribution in [3.63, 3.8) is 0 Å². The van der Waals surface area contributed by atoms with Crippen LogP contribution >= 0.6 is 28.3 Å². The third-order valence-corrected chi connectivity index (χ3v) is 6.79. The number of benzene rings is 1. The van der Waals surface area contributed by atoms with Crippen molar-refractivity contribution in [1.82, 2.24) is 9.62 Å². The summed E-state index contributed by atoms with van der Waals surface area (Å²) in [5.41, 5.74) is 0. The van der Waals surface area contributed by atoms with Crippen LogP contribution in [0, 0.1) is 11.8 Å². The first-order valence-corrected chi connectivity index (χ1v) is 9.30. The first kappa shape index (κ1) is 18.0. The summed E-state index contributed by atoms with van der Waals surface area (Å²) in [6, 6.07) is 5.08. The smallest absolute Gasteiger partial charge is 0.246 e. The van der Waals surface area contributed by atoms with E-state index in [0.29, 0.717) is 30.7 Å². The van der Waals surface area contributed by atoms with Crippen molar-refractivity contribution in [1.29, 1.82) is 0 Å². The maximum atomic E-state index is 12.9. The summed E-state index contributed by atoms with van der Waals surface area (Å²) in [6.07, 6.45) is 0.924. The molecular formula is C14H20BrClN2O3S. The Morgan fingerprint density at radius 2 is 2.05 bits per heavy atom. The molecule has 1 N–H and O–H groups in total. The van der Waals surface area contributed by atoms with Gasteiger partial charge in [0.1, 0.15) is 10.6 Å². The molecule has 2 unspecified atom stereocenters. The molecule has 3 rings (SSSR count). The van der Waals surface area contributed by atoms with E-state index in [2.05, 4.69) is 21.2 Å². The predicted octanol–water partition coefficient (Wildman–Crippen LogP) is 2.11. The summed E-state index contributed by atoms with van der Waals surface area (Å²) in [4.78, 5) is 0.240. The van der Waals surface area contributed by atoms with E-state index >= 15 is 0 Å². The number of hydrogen-bond acceptors (Lipinski definition) is 4. The number of nitrogens with one attached hydrogen (secondary N) is 1. The van der Waals surface area contributed by atoms with Crippen LogP contribution in [0.4, 0.5) is 0 Å². The minimum atomic E-state index is -3.52. The molecule has 0 amide bonds. The molecule has 0 aliphatic carbocycles. The van der Waals surface area contributed by atoms with Crippen LogP contribution < -0.4 is 10.1 Å². The maximum absolute atomic E-state index is 12.9. The molecule has 0 saturated carbocycles. The van der Waals surface area contributed by atoms with Crippen LogP contribution in [0.1, 0.15) is 6.42 Å². The predicted molar refractivity (Wildman–Crippen MR) is 91.2 cm³/mol. The molecule has 2 aliphatic heterocycles. The van der Waals surface area contributed by atoms with E-state index in [0.717, 1.165) is 24.0 Å². The normalized spacial score (nSPS) is 25.4. The fourth-order valence-electron chi connectivity index (χ4n) is 3.21. The molecule has 124 valence electrons. The Bertz CT molecular complexity index is 641. The Balaban J connectivity index is 0.00000176. The van der Waals surface area contributed by atoms with E-state index in [9.17, 15) is 8.42 Å². The minimum absolute atomic E-state index is 0. The second kappa shape index (κ2) is 7.05. The number of sulfonamides is 1. The number of piperidine rings is 1. The van der Waals surface area contributed by atoms with Crippen molar-refractivity contribution in [2.45, 2.75) is 11.3 Å². The number of halogens is 2. The molecule has 0 spiro atoms. The van der Waals surface area contributed by atoms with Gasteiger partial charge in [0.15, 0.2) is 0 Å². The average molecular weight is 412 g/mol. The molecule has 2 heterocycles. The third kappa shape index (κ3) is 3.28. The fourth-order valence-corrected chi connectivity index (χ4v) is 5.42. The van der Waals surface area contributed by atoms with Gasteiger partial charge >= 0.3 is 0 Å². The number of rotatable bonds is 3. The Morgan fingerprint density at radius 1 is 1.32 bits per heavy atom. The van der Waals surface area contributed by atoms with Gasteiger partial charge in [0.25, 0.3) is 0 Å². The van der Waals surface area contributed by atoms with E-state index in [-0.39, 0.29) is 17.3 Å².